The molecule has 0 aliphatic heterocycles. The van der Waals surface area contributed by atoms with E-state index in [-0.39, 0.29) is 29.5 Å². The van der Waals surface area contributed by atoms with Gasteiger partial charge in [0, 0.05) is 13.2 Å². The van der Waals surface area contributed by atoms with Gasteiger partial charge in [-0.1, -0.05) is 43.5 Å². The number of carboxylic acid groups (broad SMARTS) is 1. The molecule has 3 N–H and O–H groups in total. The second kappa shape index (κ2) is 10.2. The number of aromatic nitrogens is 2. The molecule has 0 bridgehead atoms. The van der Waals surface area contributed by atoms with Gasteiger partial charge in [-0.05, 0) is 36.8 Å². The number of amides is 1. The highest BCUT2D eigenvalue weighted by molar-refractivity contribution is 7.92. The molecule has 1 fully saturated rings. The minimum absolute atomic E-state index is 0.00774. The summed E-state index contributed by atoms with van der Waals surface area (Å²) in [6.07, 6.45) is 6.09. The lowest BCUT2D eigenvalue weighted by molar-refractivity contribution is -0.137. The van der Waals surface area contributed by atoms with Crippen LogP contribution in [0, 0.1) is 12.8 Å². The molecule has 2 aromatic rings. The van der Waals surface area contributed by atoms with Gasteiger partial charge in [-0.15, -0.1) is 0 Å². The van der Waals surface area contributed by atoms with Crippen molar-refractivity contribution >= 4 is 27.6 Å². The fraction of sp³-hybridized carbons (Fsp3) is 0.500. The van der Waals surface area contributed by atoms with Crippen molar-refractivity contribution in [2.24, 2.45) is 13.0 Å². The van der Waals surface area contributed by atoms with Crippen LogP contribution in [0.25, 0.3) is 0 Å². The fourth-order valence-electron chi connectivity index (χ4n) is 4.22. The monoisotopic (exact) mass is 462 g/mol. The number of hydrogen-bond donors (Lipinski definition) is 3. The maximum Gasteiger partial charge on any atom is 0.305 e. The zero-order chi connectivity index (χ0) is 23.3. The highest BCUT2D eigenvalue weighted by Gasteiger charge is 2.27. The average Bonchev–Trinajstić information content (AvgIpc) is 3.07. The van der Waals surface area contributed by atoms with Gasteiger partial charge in [0.25, 0.3) is 5.91 Å². The molecular weight excluding hydrogens is 432 g/mol. The Morgan fingerprint density at radius 3 is 2.56 bits per heavy atom. The molecule has 0 spiro atoms. The number of carbonyl (C=O) groups is 2. The summed E-state index contributed by atoms with van der Waals surface area (Å²) in [6, 6.07) is 6.41. The summed E-state index contributed by atoms with van der Waals surface area (Å²) in [5.41, 5.74) is 1.51. The zero-order valence-electron chi connectivity index (χ0n) is 18.4. The molecule has 10 heteroatoms. The number of hydrogen-bond acceptors (Lipinski definition) is 5. The van der Waals surface area contributed by atoms with Crippen LogP contribution in [0.4, 0.5) is 5.69 Å². The van der Waals surface area contributed by atoms with Crippen LogP contribution in [-0.2, 0) is 21.9 Å². The molecule has 1 aliphatic carbocycles. The summed E-state index contributed by atoms with van der Waals surface area (Å²) >= 11 is 0. The van der Waals surface area contributed by atoms with Crippen LogP contribution in [0.15, 0.2) is 30.5 Å². The van der Waals surface area contributed by atoms with Gasteiger partial charge in [0.1, 0.15) is 0 Å². The first-order valence-corrected chi connectivity index (χ1v) is 12.4. The number of benzene rings is 1. The van der Waals surface area contributed by atoms with Crippen LogP contribution in [0.3, 0.4) is 0 Å². The van der Waals surface area contributed by atoms with Gasteiger partial charge in [0.15, 0.2) is 5.69 Å². The molecule has 0 unspecified atom stereocenters. The Hall–Kier alpha value is -2.88. The molecule has 1 saturated carbocycles. The zero-order valence-corrected chi connectivity index (χ0v) is 19.2. The van der Waals surface area contributed by atoms with E-state index in [0.717, 1.165) is 37.7 Å². The molecule has 1 aromatic heterocycles. The topological polar surface area (TPSA) is 130 Å². The third kappa shape index (κ3) is 6.32. The minimum atomic E-state index is -3.66. The van der Waals surface area contributed by atoms with Crippen molar-refractivity contribution in [3.05, 3.63) is 47.3 Å². The molecular formula is C22H30N4O5S. The third-order valence-corrected chi connectivity index (χ3v) is 7.18. The number of nitrogens with zero attached hydrogens (tertiary/aromatic N) is 2. The van der Waals surface area contributed by atoms with Crippen LogP contribution in [0.2, 0.25) is 0 Å². The summed E-state index contributed by atoms with van der Waals surface area (Å²) in [7, 11) is -2.07. The number of carboxylic acids is 1. The number of aryl methyl sites for hydroxylation is 2. The lowest BCUT2D eigenvalue weighted by Gasteiger charge is -2.21. The average molecular weight is 463 g/mol. The SMILES string of the molecule is Cc1ccccc1[C@H](CC(=O)O)NC(=O)c1nn(C)cc1NS(=O)(=O)CC1CCCCC1. The van der Waals surface area contributed by atoms with E-state index < -0.39 is 27.9 Å². The van der Waals surface area contributed by atoms with Crippen molar-refractivity contribution in [2.75, 3.05) is 10.5 Å². The number of carbonyl (C=O) groups excluding carboxylic acids is 1. The van der Waals surface area contributed by atoms with E-state index in [1.54, 1.807) is 19.2 Å². The molecule has 0 saturated heterocycles. The maximum atomic E-state index is 13.0. The number of aliphatic carboxylic acids is 1. The summed E-state index contributed by atoms with van der Waals surface area (Å²) in [5, 5.41) is 16.2. The van der Waals surface area contributed by atoms with Crippen LogP contribution in [-0.4, -0.2) is 40.9 Å². The predicted molar refractivity (Wildman–Crippen MR) is 121 cm³/mol. The second-order valence-corrected chi connectivity index (χ2v) is 10.2. The normalized spacial score (nSPS) is 15.8. The molecule has 1 aliphatic rings. The lowest BCUT2D eigenvalue weighted by atomic mass is 9.91. The second-order valence-electron chi connectivity index (χ2n) is 8.43. The molecule has 3 rings (SSSR count). The largest absolute Gasteiger partial charge is 0.481 e. The van der Waals surface area contributed by atoms with Crippen molar-refractivity contribution < 1.29 is 23.1 Å². The lowest BCUT2D eigenvalue weighted by Crippen LogP contribution is -2.32. The first-order valence-electron chi connectivity index (χ1n) is 10.8. The Labute approximate surface area is 188 Å². The number of sulfonamides is 1. The molecule has 9 nitrogen and oxygen atoms in total. The van der Waals surface area contributed by atoms with Crippen LogP contribution in [0.1, 0.15) is 66.2 Å². The molecule has 1 heterocycles. The Bertz CT molecular complexity index is 1070. The van der Waals surface area contributed by atoms with E-state index in [4.69, 9.17) is 0 Å². The Morgan fingerprint density at radius 2 is 1.91 bits per heavy atom. The van der Waals surface area contributed by atoms with Gasteiger partial charge in [-0.2, -0.15) is 5.10 Å². The third-order valence-electron chi connectivity index (χ3n) is 5.74. The van der Waals surface area contributed by atoms with E-state index in [9.17, 15) is 23.1 Å². The predicted octanol–water partition coefficient (Wildman–Crippen LogP) is 3.00. The Kier molecular flexibility index (Phi) is 7.55. The van der Waals surface area contributed by atoms with Crippen LogP contribution < -0.4 is 10.0 Å². The van der Waals surface area contributed by atoms with Gasteiger partial charge in [0.2, 0.25) is 10.0 Å². The number of anilines is 1. The maximum absolute atomic E-state index is 13.0. The number of nitrogens with one attached hydrogen (secondary N) is 2. The summed E-state index contributed by atoms with van der Waals surface area (Å²) in [6.45, 7) is 1.84. The summed E-state index contributed by atoms with van der Waals surface area (Å²) in [5.74, 6) is -1.59. The van der Waals surface area contributed by atoms with Crippen LogP contribution >= 0.6 is 0 Å². The Balaban J connectivity index is 1.79. The standard InChI is InChI=1S/C22H30N4O5S/c1-15-8-6-7-11-17(15)18(12-20(27)28)23-22(29)21-19(13-26(2)24-21)25-32(30,31)14-16-9-4-3-5-10-16/h6-8,11,13,16,18,25H,3-5,9-10,12,14H2,1-2H3,(H,23,29)(H,27,28)/t18-/m0/s1. The first kappa shape index (κ1) is 23.8. The smallest absolute Gasteiger partial charge is 0.305 e. The highest BCUT2D eigenvalue weighted by Crippen LogP contribution is 2.26. The minimum Gasteiger partial charge on any atom is -0.481 e. The van der Waals surface area contributed by atoms with Crippen molar-refractivity contribution in [1.29, 1.82) is 0 Å². The van der Waals surface area contributed by atoms with Crippen LogP contribution in [0.5, 0.6) is 0 Å². The van der Waals surface area contributed by atoms with E-state index >= 15 is 0 Å². The molecule has 1 atom stereocenters. The van der Waals surface area contributed by atoms with Crippen molar-refractivity contribution in [3.8, 4) is 0 Å². The van der Waals surface area contributed by atoms with Gasteiger partial charge in [-0.3, -0.25) is 19.0 Å². The summed E-state index contributed by atoms with van der Waals surface area (Å²) < 4.78 is 29.3. The molecule has 1 aromatic carbocycles. The highest BCUT2D eigenvalue weighted by atomic mass is 32.2. The van der Waals surface area contributed by atoms with Crippen molar-refractivity contribution in [1.82, 2.24) is 15.1 Å². The van der Waals surface area contributed by atoms with E-state index in [1.165, 1.54) is 10.9 Å². The van der Waals surface area contributed by atoms with Gasteiger partial charge >= 0.3 is 5.97 Å². The van der Waals surface area contributed by atoms with E-state index in [2.05, 4.69) is 15.1 Å². The Morgan fingerprint density at radius 1 is 1.22 bits per heavy atom. The number of rotatable bonds is 9. The fourth-order valence-corrected chi connectivity index (χ4v) is 5.74. The van der Waals surface area contributed by atoms with Crippen molar-refractivity contribution in [2.45, 2.75) is 51.5 Å². The quantitative estimate of drug-likeness (QED) is 0.525. The molecule has 32 heavy (non-hydrogen) atoms. The van der Waals surface area contributed by atoms with E-state index in [0.29, 0.717) is 5.56 Å². The molecule has 1 amide bonds. The molecule has 0 radical (unpaired) electrons. The summed E-state index contributed by atoms with van der Waals surface area (Å²) in [4.78, 5) is 24.4. The van der Waals surface area contributed by atoms with E-state index in [1.807, 2.05) is 19.1 Å². The van der Waals surface area contributed by atoms with Gasteiger partial charge in [0.05, 0.1) is 23.9 Å². The van der Waals surface area contributed by atoms with Gasteiger partial charge < -0.3 is 10.4 Å². The first-order chi connectivity index (χ1) is 15.1. The van der Waals surface area contributed by atoms with Crippen molar-refractivity contribution in [3.63, 3.8) is 0 Å². The van der Waals surface area contributed by atoms with Gasteiger partial charge in [-0.25, -0.2) is 8.42 Å². The molecule has 174 valence electrons.